The molecule has 0 aromatic rings. The molecule has 5 nitrogen and oxygen atoms in total. The molecule has 0 saturated carbocycles. The summed E-state index contributed by atoms with van der Waals surface area (Å²) in [6.07, 6.45) is 8.98. The third-order valence-electron chi connectivity index (χ3n) is 3.52. The molecule has 5 heteroatoms. The van der Waals surface area contributed by atoms with Gasteiger partial charge in [-0.15, -0.1) is 0 Å². The lowest BCUT2D eigenvalue weighted by Gasteiger charge is -2.06. The Morgan fingerprint density at radius 2 is 1.59 bits per heavy atom. The van der Waals surface area contributed by atoms with E-state index in [4.69, 9.17) is 9.84 Å². The molecular formula is C17H33NO4. The first-order valence-electron chi connectivity index (χ1n) is 8.64. The Kier molecular flexibility index (Phi) is 13.8. The van der Waals surface area contributed by atoms with E-state index < -0.39 is 6.09 Å². The average molecular weight is 315 g/mol. The zero-order valence-corrected chi connectivity index (χ0v) is 14.2. The van der Waals surface area contributed by atoms with Gasteiger partial charge in [-0.2, -0.15) is 0 Å². The van der Waals surface area contributed by atoms with Crippen molar-refractivity contribution in [2.45, 2.75) is 78.1 Å². The van der Waals surface area contributed by atoms with Crippen LogP contribution in [0.2, 0.25) is 0 Å². The van der Waals surface area contributed by atoms with Crippen molar-refractivity contribution in [1.82, 2.24) is 5.32 Å². The number of amides is 1. The lowest BCUT2D eigenvalue weighted by molar-refractivity contribution is -0.143. The van der Waals surface area contributed by atoms with E-state index in [2.05, 4.69) is 19.2 Å². The molecule has 0 radical (unpaired) electrons. The number of carboxylic acid groups (broad SMARTS) is 1. The molecule has 130 valence electrons. The van der Waals surface area contributed by atoms with E-state index in [0.717, 1.165) is 38.0 Å². The normalized spacial score (nSPS) is 10.7. The third kappa shape index (κ3) is 16.8. The smallest absolute Gasteiger partial charge is 0.404 e. The van der Waals surface area contributed by atoms with Gasteiger partial charge in [0.25, 0.3) is 0 Å². The van der Waals surface area contributed by atoms with Gasteiger partial charge in [-0.1, -0.05) is 52.4 Å². The Morgan fingerprint density at radius 1 is 0.955 bits per heavy atom. The number of ether oxygens (including phenoxy) is 1. The summed E-state index contributed by atoms with van der Waals surface area (Å²) in [7, 11) is 0. The van der Waals surface area contributed by atoms with Gasteiger partial charge >= 0.3 is 12.1 Å². The lowest BCUT2D eigenvalue weighted by atomic mass is 10.0. The highest BCUT2D eigenvalue weighted by molar-refractivity contribution is 5.69. The number of carbonyl (C=O) groups is 2. The van der Waals surface area contributed by atoms with Gasteiger partial charge in [0, 0.05) is 13.0 Å². The lowest BCUT2D eigenvalue weighted by Crippen LogP contribution is -2.21. The van der Waals surface area contributed by atoms with Gasteiger partial charge in [0.15, 0.2) is 0 Å². The first-order chi connectivity index (χ1) is 10.5. The quantitative estimate of drug-likeness (QED) is 0.369. The van der Waals surface area contributed by atoms with Crippen molar-refractivity contribution < 1.29 is 19.4 Å². The highest BCUT2D eigenvalue weighted by Gasteiger charge is 2.03. The highest BCUT2D eigenvalue weighted by Crippen LogP contribution is 2.10. The Bertz CT molecular complexity index is 292. The molecule has 22 heavy (non-hydrogen) atoms. The summed E-state index contributed by atoms with van der Waals surface area (Å²) in [5, 5.41) is 10.7. The summed E-state index contributed by atoms with van der Waals surface area (Å²) in [5.74, 6) is 0.659. The van der Waals surface area contributed by atoms with Gasteiger partial charge in [-0.05, 0) is 25.2 Å². The molecular weight excluding hydrogens is 282 g/mol. The summed E-state index contributed by atoms with van der Waals surface area (Å²) in [4.78, 5) is 21.7. The maximum Gasteiger partial charge on any atom is 0.404 e. The second-order valence-electron chi connectivity index (χ2n) is 6.21. The molecule has 0 aliphatic rings. The fraction of sp³-hybridized carbons (Fsp3) is 0.882. The van der Waals surface area contributed by atoms with E-state index in [9.17, 15) is 9.59 Å². The second kappa shape index (κ2) is 14.7. The number of carbonyl (C=O) groups excluding carboxylic acids is 1. The Hall–Kier alpha value is -1.26. The fourth-order valence-corrected chi connectivity index (χ4v) is 2.21. The van der Waals surface area contributed by atoms with E-state index >= 15 is 0 Å². The van der Waals surface area contributed by atoms with Gasteiger partial charge in [0.1, 0.15) is 0 Å². The summed E-state index contributed by atoms with van der Waals surface area (Å²) < 4.78 is 5.18. The van der Waals surface area contributed by atoms with E-state index in [0.29, 0.717) is 19.6 Å². The molecule has 0 saturated heterocycles. The monoisotopic (exact) mass is 315 g/mol. The number of hydrogen-bond acceptors (Lipinski definition) is 3. The first kappa shape index (κ1) is 20.7. The maximum absolute atomic E-state index is 11.5. The Labute approximate surface area is 134 Å². The van der Waals surface area contributed by atoms with Gasteiger partial charge in [0.05, 0.1) is 6.61 Å². The van der Waals surface area contributed by atoms with Gasteiger partial charge in [-0.25, -0.2) is 4.79 Å². The van der Waals surface area contributed by atoms with Crippen LogP contribution in [0.4, 0.5) is 4.79 Å². The fourth-order valence-electron chi connectivity index (χ4n) is 2.21. The Balaban J connectivity index is 3.21. The minimum absolute atomic E-state index is 0.133. The molecule has 0 aliphatic carbocycles. The van der Waals surface area contributed by atoms with Crippen molar-refractivity contribution in [2.24, 2.45) is 5.92 Å². The second-order valence-corrected chi connectivity index (χ2v) is 6.21. The van der Waals surface area contributed by atoms with Crippen molar-refractivity contribution in [3.05, 3.63) is 0 Å². The summed E-state index contributed by atoms with van der Waals surface area (Å²) in [6.45, 7) is 5.48. The minimum Gasteiger partial charge on any atom is -0.466 e. The first-order valence-corrected chi connectivity index (χ1v) is 8.64. The zero-order chi connectivity index (χ0) is 16.6. The van der Waals surface area contributed by atoms with Crippen LogP contribution in [-0.2, 0) is 9.53 Å². The molecule has 0 fully saturated rings. The van der Waals surface area contributed by atoms with Crippen molar-refractivity contribution >= 4 is 12.1 Å². The van der Waals surface area contributed by atoms with Gasteiger partial charge < -0.3 is 15.2 Å². The highest BCUT2D eigenvalue weighted by atomic mass is 16.5. The number of esters is 1. The minimum atomic E-state index is -0.997. The van der Waals surface area contributed by atoms with Crippen LogP contribution in [0.3, 0.4) is 0 Å². The largest absolute Gasteiger partial charge is 0.466 e. The molecule has 0 aromatic carbocycles. The predicted molar refractivity (Wildman–Crippen MR) is 88.0 cm³/mol. The molecule has 1 amide bonds. The summed E-state index contributed by atoms with van der Waals surface area (Å²) in [6, 6.07) is 0. The molecule has 0 heterocycles. The van der Waals surface area contributed by atoms with Crippen LogP contribution in [0, 0.1) is 5.92 Å². The number of rotatable bonds is 14. The number of hydrogen-bond donors (Lipinski definition) is 2. The topological polar surface area (TPSA) is 75.6 Å². The average Bonchev–Trinajstić information content (AvgIpc) is 2.44. The van der Waals surface area contributed by atoms with Gasteiger partial charge in [0.2, 0.25) is 0 Å². The third-order valence-corrected chi connectivity index (χ3v) is 3.52. The Morgan fingerprint density at radius 3 is 2.27 bits per heavy atom. The summed E-state index contributed by atoms with van der Waals surface area (Å²) in [5.41, 5.74) is 0. The van der Waals surface area contributed by atoms with Crippen LogP contribution in [0.5, 0.6) is 0 Å². The van der Waals surface area contributed by atoms with E-state index in [1.807, 2.05) is 0 Å². The van der Waals surface area contributed by atoms with Crippen molar-refractivity contribution in [3.63, 3.8) is 0 Å². The van der Waals surface area contributed by atoms with Crippen LogP contribution in [-0.4, -0.2) is 30.3 Å². The molecule has 0 bridgehead atoms. The van der Waals surface area contributed by atoms with E-state index in [1.54, 1.807) is 0 Å². The molecule has 0 rings (SSSR count). The van der Waals surface area contributed by atoms with E-state index in [-0.39, 0.29) is 5.97 Å². The van der Waals surface area contributed by atoms with Crippen LogP contribution < -0.4 is 5.32 Å². The molecule has 0 atom stereocenters. The maximum atomic E-state index is 11.5. The molecule has 0 aliphatic heterocycles. The van der Waals surface area contributed by atoms with Gasteiger partial charge in [-0.3, -0.25) is 4.79 Å². The van der Waals surface area contributed by atoms with E-state index in [1.165, 1.54) is 25.7 Å². The predicted octanol–water partition coefficient (Wildman–Crippen LogP) is 4.35. The molecule has 0 spiro atoms. The van der Waals surface area contributed by atoms with Crippen LogP contribution >= 0.6 is 0 Å². The standard InChI is InChI=1S/C17H33NO4/c1-15(2)11-7-4-3-5-10-14-22-16(19)12-8-6-9-13-18-17(20)21/h15,18H,3-14H2,1-2H3,(H,20,21). The van der Waals surface area contributed by atoms with Crippen molar-refractivity contribution in [2.75, 3.05) is 13.2 Å². The molecule has 0 aromatic heterocycles. The number of nitrogens with one attached hydrogen (secondary N) is 1. The van der Waals surface area contributed by atoms with Crippen molar-refractivity contribution in [3.8, 4) is 0 Å². The summed E-state index contributed by atoms with van der Waals surface area (Å²) >= 11 is 0. The van der Waals surface area contributed by atoms with Crippen molar-refractivity contribution in [1.29, 1.82) is 0 Å². The van der Waals surface area contributed by atoms with Crippen LogP contribution in [0.1, 0.15) is 78.1 Å². The molecule has 2 N–H and O–H groups in total. The zero-order valence-electron chi connectivity index (χ0n) is 14.2. The SMILES string of the molecule is CC(C)CCCCCCCOC(=O)CCCCCNC(=O)O. The van der Waals surface area contributed by atoms with Crippen LogP contribution in [0.15, 0.2) is 0 Å². The number of unbranched alkanes of at least 4 members (excludes halogenated alkanes) is 6. The molecule has 0 unspecified atom stereocenters. The van der Waals surface area contributed by atoms with Crippen LogP contribution in [0.25, 0.3) is 0 Å².